The van der Waals surface area contributed by atoms with Crippen molar-refractivity contribution in [2.45, 2.75) is 55.9 Å². The van der Waals surface area contributed by atoms with Crippen LogP contribution in [0.15, 0.2) is 66.7 Å². The fraction of sp³-hybridized carbons (Fsp3) is 0.367. The third kappa shape index (κ3) is 7.20. The van der Waals surface area contributed by atoms with Crippen molar-refractivity contribution >= 4 is 34.8 Å². The monoisotopic (exact) mass is 555 g/mol. The van der Waals surface area contributed by atoms with Gasteiger partial charge in [-0.3, -0.25) is 4.79 Å². The molecule has 0 aromatic heterocycles. The first-order valence-corrected chi connectivity index (χ1v) is 13.9. The molecular weight excluding hydrogens is 525 g/mol. The molecule has 0 saturated carbocycles. The van der Waals surface area contributed by atoms with Crippen LogP contribution >= 0.6 is 23.2 Å². The zero-order valence-electron chi connectivity index (χ0n) is 21.0. The van der Waals surface area contributed by atoms with Crippen molar-refractivity contribution in [3.05, 3.63) is 66.7 Å². The Labute approximate surface area is 233 Å². The predicted molar refractivity (Wildman–Crippen MR) is 150 cm³/mol. The van der Waals surface area contributed by atoms with E-state index in [-0.39, 0.29) is 12.6 Å². The van der Waals surface area contributed by atoms with Crippen molar-refractivity contribution in [3.8, 4) is 33.8 Å². The third-order valence-corrected chi connectivity index (χ3v) is 6.98. The maximum Gasteiger partial charge on any atom is 0.257 e. The number of hydrogen-bond acceptors (Lipinski definition) is 5. The molecule has 200 valence electrons. The minimum Gasteiger partial charge on any atom is -0.465 e. The van der Waals surface area contributed by atoms with E-state index in [4.69, 9.17) is 42.1 Å². The molecule has 0 radical (unpaired) electrons. The molecule has 3 aromatic rings. The summed E-state index contributed by atoms with van der Waals surface area (Å²) in [6.45, 7) is 1.47. The number of anilines is 1. The van der Waals surface area contributed by atoms with Gasteiger partial charge in [-0.25, -0.2) is 0 Å². The molecule has 2 fully saturated rings. The van der Waals surface area contributed by atoms with E-state index in [1.54, 1.807) is 0 Å². The van der Waals surface area contributed by atoms with E-state index in [2.05, 4.69) is 11.4 Å². The molecule has 1 N–H and O–H groups in total. The van der Waals surface area contributed by atoms with Gasteiger partial charge in [0.1, 0.15) is 11.5 Å². The van der Waals surface area contributed by atoms with Crippen LogP contribution in [0.5, 0.6) is 11.5 Å². The molecule has 0 bridgehead atoms. The average Bonchev–Trinajstić information content (AvgIpc) is 2.95. The summed E-state index contributed by atoms with van der Waals surface area (Å²) in [5.41, 5.74) is 4.40. The number of benzene rings is 3. The number of ether oxygens (including phenoxy) is 4. The Balaban J connectivity index is 1.38. The summed E-state index contributed by atoms with van der Waals surface area (Å²) < 4.78 is 23.3. The van der Waals surface area contributed by atoms with Gasteiger partial charge in [0, 0.05) is 18.5 Å². The van der Waals surface area contributed by atoms with E-state index in [9.17, 15) is 4.79 Å². The Morgan fingerprint density at radius 2 is 1.18 bits per heavy atom. The number of halogens is 2. The zero-order chi connectivity index (χ0) is 26.3. The maximum atomic E-state index is 12.2. The van der Waals surface area contributed by atoms with Crippen LogP contribution < -0.4 is 14.8 Å². The van der Waals surface area contributed by atoms with E-state index in [0.717, 1.165) is 85.5 Å². The lowest BCUT2D eigenvalue weighted by Crippen LogP contribution is -2.24. The highest BCUT2D eigenvalue weighted by atomic mass is 35.5. The number of carbonyl (C=O) groups is 1. The summed E-state index contributed by atoms with van der Waals surface area (Å²) in [4.78, 5) is 11.1. The van der Waals surface area contributed by atoms with Crippen molar-refractivity contribution in [3.63, 3.8) is 0 Å². The van der Waals surface area contributed by atoms with E-state index in [0.29, 0.717) is 5.69 Å². The second kappa shape index (κ2) is 12.9. The molecule has 1 amide bonds. The van der Waals surface area contributed by atoms with Crippen molar-refractivity contribution in [1.29, 1.82) is 0 Å². The molecule has 2 saturated heterocycles. The predicted octanol–water partition coefficient (Wildman–Crippen LogP) is 7.57. The van der Waals surface area contributed by atoms with Gasteiger partial charge in [0.15, 0.2) is 17.4 Å². The Bertz CT molecular complexity index is 1120. The molecule has 2 unspecified atom stereocenters. The Kier molecular flexibility index (Phi) is 9.07. The van der Waals surface area contributed by atoms with Crippen LogP contribution in [-0.4, -0.2) is 36.5 Å². The highest BCUT2D eigenvalue weighted by Gasteiger charge is 2.17. The van der Waals surface area contributed by atoms with Crippen molar-refractivity contribution < 1.29 is 23.7 Å². The SMILES string of the molecule is O=C(Nc1cc(-c2ccc(OC3CCCCO3)cc2)cc(-c2ccc(OC3CCCCO3)cc2)c1)C(Cl)Cl. The van der Waals surface area contributed by atoms with Crippen LogP contribution in [-0.2, 0) is 14.3 Å². The molecule has 2 heterocycles. The summed E-state index contributed by atoms with van der Waals surface area (Å²) in [5, 5.41) is 2.81. The summed E-state index contributed by atoms with van der Waals surface area (Å²) in [7, 11) is 0. The van der Waals surface area contributed by atoms with Crippen LogP contribution in [0.3, 0.4) is 0 Å². The van der Waals surface area contributed by atoms with Crippen molar-refractivity contribution in [1.82, 2.24) is 0 Å². The van der Waals surface area contributed by atoms with Gasteiger partial charge in [-0.2, -0.15) is 0 Å². The molecule has 0 spiro atoms. The fourth-order valence-electron chi connectivity index (χ4n) is 4.59. The van der Waals surface area contributed by atoms with E-state index in [1.165, 1.54) is 0 Å². The second-order valence-corrected chi connectivity index (χ2v) is 10.6. The summed E-state index contributed by atoms with van der Waals surface area (Å²) >= 11 is 11.6. The van der Waals surface area contributed by atoms with Gasteiger partial charge < -0.3 is 24.3 Å². The van der Waals surface area contributed by atoms with Crippen LogP contribution in [0.1, 0.15) is 38.5 Å². The number of nitrogens with one attached hydrogen (secondary N) is 1. The summed E-state index contributed by atoms with van der Waals surface area (Å²) in [6, 6.07) is 21.6. The average molecular weight is 556 g/mol. The first-order chi connectivity index (χ1) is 18.5. The quantitative estimate of drug-likeness (QED) is 0.290. The van der Waals surface area contributed by atoms with Gasteiger partial charge >= 0.3 is 0 Å². The summed E-state index contributed by atoms with van der Waals surface area (Å²) in [6.07, 6.45) is 5.76. The van der Waals surface area contributed by atoms with Gasteiger partial charge in [-0.1, -0.05) is 47.5 Å². The fourth-order valence-corrected chi connectivity index (χ4v) is 4.70. The van der Waals surface area contributed by atoms with Crippen LogP contribution in [0.4, 0.5) is 5.69 Å². The minimum absolute atomic E-state index is 0.199. The molecule has 0 aliphatic carbocycles. The smallest absolute Gasteiger partial charge is 0.257 e. The van der Waals surface area contributed by atoms with Crippen LogP contribution in [0.2, 0.25) is 0 Å². The molecule has 8 heteroatoms. The zero-order valence-corrected chi connectivity index (χ0v) is 22.5. The Morgan fingerprint density at radius 1 is 0.711 bits per heavy atom. The third-order valence-electron chi connectivity index (χ3n) is 6.58. The van der Waals surface area contributed by atoms with Crippen molar-refractivity contribution in [2.24, 2.45) is 0 Å². The lowest BCUT2D eigenvalue weighted by Gasteiger charge is -2.23. The number of rotatable bonds is 8. The number of hydrogen-bond donors (Lipinski definition) is 1. The Morgan fingerprint density at radius 3 is 1.58 bits per heavy atom. The van der Waals surface area contributed by atoms with Crippen LogP contribution in [0.25, 0.3) is 22.3 Å². The second-order valence-electron chi connectivity index (χ2n) is 9.47. The van der Waals surface area contributed by atoms with Crippen LogP contribution in [0, 0.1) is 0 Å². The molecule has 2 atom stereocenters. The van der Waals surface area contributed by atoms with Crippen molar-refractivity contribution in [2.75, 3.05) is 18.5 Å². The topological polar surface area (TPSA) is 66.0 Å². The van der Waals surface area contributed by atoms with E-state index in [1.807, 2.05) is 60.7 Å². The lowest BCUT2D eigenvalue weighted by molar-refractivity contribution is -0.114. The molecule has 2 aliphatic rings. The Hall–Kier alpha value is -2.77. The van der Waals surface area contributed by atoms with E-state index < -0.39 is 10.7 Å². The van der Waals surface area contributed by atoms with Gasteiger partial charge in [-0.05, 0) is 90.4 Å². The first kappa shape index (κ1) is 26.8. The number of alkyl halides is 2. The molecule has 6 nitrogen and oxygen atoms in total. The minimum atomic E-state index is -1.17. The molecule has 2 aliphatic heterocycles. The summed E-state index contributed by atoms with van der Waals surface area (Å²) in [5.74, 6) is 1.04. The molecule has 5 rings (SSSR count). The van der Waals surface area contributed by atoms with E-state index >= 15 is 0 Å². The van der Waals surface area contributed by atoms with Gasteiger partial charge in [0.25, 0.3) is 5.91 Å². The molecule has 3 aromatic carbocycles. The standard InChI is InChI=1S/C30H31Cl2NO5/c31-29(32)30(34)33-24-18-22(20-7-11-25(12-8-20)37-27-5-1-3-15-35-27)17-23(19-24)21-9-13-26(14-10-21)38-28-6-2-4-16-36-28/h7-14,17-19,27-29H,1-6,15-16H2,(H,33,34). The highest BCUT2D eigenvalue weighted by molar-refractivity contribution is 6.54. The highest BCUT2D eigenvalue weighted by Crippen LogP contribution is 2.33. The normalized spacial score (nSPS) is 19.7. The van der Waals surface area contributed by atoms with Gasteiger partial charge in [0.2, 0.25) is 0 Å². The number of carbonyl (C=O) groups excluding carboxylic acids is 1. The molecule has 38 heavy (non-hydrogen) atoms. The van der Waals surface area contributed by atoms with Gasteiger partial charge in [0.05, 0.1) is 13.2 Å². The molecular formula is C30H31Cl2NO5. The largest absolute Gasteiger partial charge is 0.465 e. The first-order valence-electron chi connectivity index (χ1n) is 13.0. The lowest BCUT2D eigenvalue weighted by atomic mass is 9.98. The maximum absolute atomic E-state index is 12.2. The van der Waals surface area contributed by atoms with Gasteiger partial charge in [-0.15, -0.1) is 0 Å². The number of amides is 1.